The lowest BCUT2D eigenvalue weighted by molar-refractivity contribution is 0.0616. The zero-order valence-electron chi connectivity index (χ0n) is 17.9. The molecule has 2 fully saturated rings. The molecule has 0 radical (unpaired) electrons. The first-order valence-electron chi connectivity index (χ1n) is 11.4. The van der Waals surface area contributed by atoms with Crippen molar-refractivity contribution < 1.29 is 4.79 Å². The molecule has 1 aliphatic carbocycles. The van der Waals surface area contributed by atoms with Crippen LogP contribution in [0.15, 0.2) is 18.6 Å². The Morgan fingerprint density at radius 1 is 1.00 bits per heavy atom. The summed E-state index contributed by atoms with van der Waals surface area (Å²) < 4.78 is 2.10. The first-order valence-corrected chi connectivity index (χ1v) is 11.4. The third-order valence-corrected chi connectivity index (χ3v) is 7.28. The van der Waals surface area contributed by atoms with Crippen molar-refractivity contribution >= 4 is 11.7 Å². The second kappa shape index (κ2) is 8.02. The number of fused-ring (bicyclic) bond motifs is 1. The maximum absolute atomic E-state index is 13.4. The molecule has 0 unspecified atom stereocenters. The molecule has 1 saturated heterocycles. The van der Waals surface area contributed by atoms with Crippen molar-refractivity contribution in [1.82, 2.24) is 24.6 Å². The fraction of sp³-hybridized carbons (Fsp3) is 0.609. The van der Waals surface area contributed by atoms with Crippen LogP contribution in [0.2, 0.25) is 0 Å². The van der Waals surface area contributed by atoms with E-state index in [2.05, 4.69) is 37.8 Å². The number of hydrogen-bond acceptors (Lipinski definition) is 5. The standard InChI is InChI=1S/C23H32N6O/c1-27-10-7-18(8-11-27)29-15-16(13-26-29)20-14-25-22(24)21-19(20)9-12-28(23(21)30)17-5-3-2-4-6-17/h13-15,17-18H,2-12H2,1H3,(H2,24,25). The van der Waals surface area contributed by atoms with Crippen LogP contribution in [0.3, 0.4) is 0 Å². The second-order valence-electron chi connectivity index (χ2n) is 9.19. The van der Waals surface area contributed by atoms with Crippen molar-refractivity contribution in [2.24, 2.45) is 0 Å². The first-order chi connectivity index (χ1) is 14.6. The summed E-state index contributed by atoms with van der Waals surface area (Å²) in [6.45, 7) is 2.98. The third-order valence-electron chi connectivity index (χ3n) is 7.28. The van der Waals surface area contributed by atoms with Crippen molar-refractivity contribution in [3.05, 3.63) is 29.7 Å². The Balaban J connectivity index is 1.43. The van der Waals surface area contributed by atoms with E-state index in [1.165, 1.54) is 19.3 Å². The van der Waals surface area contributed by atoms with E-state index < -0.39 is 0 Å². The summed E-state index contributed by atoms with van der Waals surface area (Å²) in [4.78, 5) is 22.2. The maximum atomic E-state index is 13.4. The number of likely N-dealkylation sites (tertiary alicyclic amines) is 1. The summed E-state index contributed by atoms with van der Waals surface area (Å²) in [5, 5.41) is 4.66. The first kappa shape index (κ1) is 19.5. The molecule has 0 spiro atoms. The monoisotopic (exact) mass is 408 g/mol. The van der Waals surface area contributed by atoms with Gasteiger partial charge in [0.2, 0.25) is 0 Å². The van der Waals surface area contributed by atoms with Crippen LogP contribution in [-0.4, -0.2) is 63.2 Å². The Kier molecular flexibility index (Phi) is 5.23. The minimum absolute atomic E-state index is 0.0673. The lowest BCUT2D eigenvalue weighted by Crippen LogP contribution is -2.46. The van der Waals surface area contributed by atoms with E-state index in [0.717, 1.165) is 68.4 Å². The second-order valence-corrected chi connectivity index (χ2v) is 9.19. The highest BCUT2D eigenvalue weighted by Gasteiger charge is 2.34. The number of piperidine rings is 1. The van der Waals surface area contributed by atoms with Crippen LogP contribution >= 0.6 is 0 Å². The van der Waals surface area contributed by atoms with Gasteiger partial charge in [0, 0.05) is 36.1 Å². The molecule has 1 saturated carbocycles. The Hall–Kier alpha value is -2.41. The predicted molar refractivity (Wildman–Crippen MR) is 117 cm³/mol. The Bertz CT molecular complexity index is 924. The molecule has 7 heteroatoms. The van der Waals surface area contributed by atoms with Gasteiger partial charge in [-0.05, 0) is 57.8 Å². The number of nitrogens with two attached hydrogens (primary N) is 1. The van der Waals surface area contributed by atoms with Gasteiger partial charge >= 0.3 is 0 Å². The van der Waals surface area contributed by atoms with E-state index in [1.54, 1.807) is 0 Å². The van der Waals surface area contributed by atoms with Gasteiger partial charge in [0.1, 0.15) is 5.82 Å². The van der Waals surface area contributed by atoms with Crippen LogP contribution in [0.5, 0.6) is 0 Å². The molecular weight excluding hydrogens is 376 g/mol. The molecule has 2 aliphatic heterocycles. The molecule has 1 amide bonds. The lowest BCUT2D eigenvalue weighted by atomic mass is 9.89. The molecule has 3 aliphatic rings. The lowest BCUT2D eigenvalue weighted by Gasteiger charge is -2.38. The van der Waals surface area contributed by atoms with Crippen LogP contribution in [0.1, 0.15) is 66.9 Å². The smallest absolute Gasteiger partial charge is 0.258 e. The van der Waals surface area contributed by atoms with E-state index in [9.17, 15) is 4.79 Å². The normalized spacial score (nSPS) is 21.8. The van der Waals surface area contributed by atoms with E-state index in [1.807, 2.05) is 12.4 Å². The fourth-order valence-electron chi connectivity index (χ4n) is 5.47. The van der Waals surface area contributed by atoms with E-state index in [0.29, 0.717) is 23.5 Å². The average molecular weight is 409 g/mol. The Morgan fingerprint density at radius 2 is 1.77 bits per heavy atom. The van der Waals surface area contributed by atoms with Crippen molar-refractivity contribution in [2.75, 3.05) is 32.4 Å². The number of hydrogen-bond donors (Lipinski definition) is 1. The minimum Gasteiger partial charge on any atom is -0.383 e. The quantitative estimate of drug-likeness (QED) is 0.844. The summed E-state index contributed by atoms with van der Waals surface area (Å²) in [6, 6.07) is 0.797. The number of nitrogens with zero attached hydrogens (tertiary/aromatic N) is 5. The molecule has 2 aromatic rings. The number of nitrogen functional groups attached to an aromatic ring is 1. The highest BCUT2D eigenvalue weighted by atomic mass is 16.2. The van der Waals surface area contributed by atoms with Gasteiger partial charge in [0.25, 0.3) is 5.91 Å². The number of carbonyl (C=O) groups is 1. The van der Waals surface area contributed by atoms with Crippen molar-refractivity contribution in [1.29, 1.82) is 0 Å². The number of aromatic nitrogens is 3. The Morgan fingerprint density at radius 3 is 2.53 bits per heavy atom. The number of amides is 1. The number of anilines is 1. The number of rotatable bonds is 3. The molecular formula is C23H32N6O. The largest absolute Gasteiger partial charge is 0.383 e. The highest BCUT2D eigenvalue weighted by Crippen LogP contribution is 2.35. The van der Waals surface area contributed by atoms with Gasteiger partial charge in [0.05, 0.1) is 17.8 Å². The van der Waals surface area contributed by atoms with Gasteiger partial charge in [-0.1, -0.05) is 19.3 Å². The SMILES string of the molecule is CN1CCC(n2cc(-c3cnc(N)c4c3CCN(C3CCCCC3)C4=O)cn2)CC1. The van der Waals surface area contributed by atoms with E-state index >= 15 is 0 Å². The van der Waals surface area contributed by atoms with Crippen LogP contribution in [0, 0.1) is 0 Å². The van der Waals surface area contributed by atoms with Crippen molar-refractivity contribution in [3.8, 4) is 11.1 Å². The Labute approximate surface area is 178 Å². The third kappa shape index (κ3) is 3.49. The molecule has 160 valence electrons. The van der Waals surface area contributed by atoms with Gasteiger partial charge in [-0.2, -0.15) is 5.10 Å². The molecule has 0 aromatic carbocycles. The molecule has 0 bridgehead atoms. The van der Waals surface area contributed by atoms with Crippen LogP contribution < -0.4 is 5.73 Å². The van der Waals surface area contributed by atoms with Gasteiger partial charge in [0.15, 0.2) is 0 Å². The molecule has 7 nitrogen and oxygen atoms in total. The summed E-state index contributed by atoms with van der Waals surface area (Å²) in [7, 11) is 2.17. The number of pyridine rings is 1. The summed E-state index contributed by atoms with van der Waals surface area (Å²) in [6.07, 6.45) is 14.9. The molecule has 2 N–H and O–H groups in total. The zero-order valence-corrected chi connectivity index (χ0v) is 17.9. The fourth-order valence-corrected chi connectivity index (χ4v) is 5.47. The molecule has 4 heterocycles. The van der Waals surface area contributed by atoms with Gasteiger partial charge < -0.3 is 15.5 Å². The summed E-state index contributed by atoms with van der Waals surface area (Å²) in [5.74, 6) is 0.430. The highest BCUT2D eigenvalue weighted by molar-refractivity contribution is 6.02. The summed E-state index contributed by atoms with van der Waals surface area (Å²) in [5.41, 5.74) is 9.93. The maximum Gasteiger partial charge on any atom is 0.258 e. The van der Waals surface area contributed by atoms with Crippen LogP contribution in [0.25, 0.3) is 11.1 Å². The summed E-state index contributed by atoms with van der Waals surface area (Å²) >= 11 is 0. The van der Waals surface area contributed by atoms with E-state index in [-0.39, 0.29) is 5.91 Å². The van der Waals surface area contributed by atoms with E-state index in [4.69, 9.17) is 5.73 Å². The minimum atomic E-state index is 0.0673. The number of carbonyl (C=O) groups excluding carboxylic acids is 1. The molecule has 0 atom stereocenters. The average Bonchev–Trinajstić information content (AvgIpc) is 3.25. The van der Waals surface area contributed by atoms with Crippen LogP contribution in [0.4, 0.5) is 5.82 Å². The topological polar surface area (TPSA) is 80.3 Å². The molecule has 30 heavy (non-hydrogen) atoms. The van der Waals surface area contributed by atoms with Crippen molar-refractivity contribution in [3.63, 3.8) is 0 Å². The van der Waals surface area contributed by atoms with Gasteiger partial charge in [-0.25, -0.2) is 4.98 Å². The molecule has 2 aromatic heterocycles. The van der Waals surface area contributed by atoms with Crippen molar-refractivity contribution in [2.45, 2.75) is 63.5 Å². The van der Waals surface area contributed by atoms with Crippen LogP contribution in [-0.2, 0) is 6.42 Å². The van der Waals surface area contributed by atoms with Gasteiger partial charge in [-0.15, -0.1) is 0 Å². The predicted octanol–water partition coefficient (Wildman–Crippen LogP) is 3.13. The molecule has 5 rings (SSSR count). The zero-order chi connectivity index (χ0) is 20.7. The van der Waals surface area contributed by atoms with Gasteiger partial charge in [-0.3, -0.25) is 9.48 Å².